The fraction of sp³-hybridized carbons (Fsp3) is 0.588. The van der Waals surface area contributed by atoms with Crippen LogP contribution < -0.4 is 5.32 Å². The number of hydrogen-bond acceptors (Lipinski definition) is 2. The SMILES string of the molecule is CCCNC(CN1CCCC1=O)c1ccc(C)cc1C. The molecule has 1 N–H and O–H groups in total. The van der Waals surface area contributed by atoms with E-state index >= 15 is 0 Å². The second-order valence-electron chi connectivity index (χ2n) is 5.81. The quantitative estimate of drug-likeness (QED) is 0.865. The zero-order chi connectivity index (χ0) is 14.5. The molecule has 1 unspecified atom stereocenters. The number of nitrogens with one attached hydrogen (secondary N) is 1. The highest BCUT2D eigenvalue weighted by Crippen LogP contribution is 2.22. The Bertz CT molecular complexity index is 470. The van der Waals surface area contributed by atoms with Crippen LogP contribution in [0.5, 0.6) is 0 Å². The highest BCUT2D eigenvalue weighted by atomic mass is 16.2. The lowest BCUT2D eigenvalue weighted by Crippen LogP contribution is -2.36. The van der Waals surface area contributed by atoms with Gasteiger partial charge in [-0.2, -0.15) is 0 Å². The molecule has 1 heterocycles. The molecule has 2 rings (SSSR count). The molecule has 1 aromatic carbocycles. The number of rotatable bonds is 6. The van der Waals surface area contributed by atoms with E-state index in [1.165, 1.54) is 16.7 Å². The van der Waals surface area contributed by atoms with Gasteiger partial charge in [0, 0.05) is 19.5 Å². The van der Waals surface area contributed by atoms with Gasteiger partial charge in [-0.05, 0) is 44.4 Å². The predicted octanol–water partition coefficient (Wildman–Crippen LogP) is 2.97. The van der Waals surface area contributed by atoms with Crippen molar-refractivity contribution in [2.45, 2.75) is 46.1 Å². The summed E-state index contributed by atoms with van der Waals surface area (Å²) in [7, 11) is 0. The monoisotopic (exact) mass is 274 g/mol. The number of carbonyl (C=O) groups is 1. The number of nitrogens with zero attached hydrogens (tertiary/aromatic N) is 1. The van der Waals surface area contributed by atoms with Crippen molar-refractivity contribution in [1.29, 1.82) is 0 Å². The summed E-state index contributed by atoms with van der Waals surface area (Å²) < 4.78 is 0. The molecule has 1 aliphatic heterocycles. The summed E-state index contributed by atoms with van der Waals surface area (Å²) in [6.07, 6.45) is 2.83. The summed E-state index contributed by atoms with van der Waals surface area (Å²) in [5.74, 6) is 0.304. The molecule has 1 atom stereocenters. The van der Waals surface area contributed by atoms with Crippen LogP contribution in [0.1, 0.15) is 48.9 Å². The predicted molar refractivity (Wildman–Crippen MR) is 82.8 cm³/mol. The minimum atomic E-state index is 0.248. The Balaban J connectivity index is 2.15. The van der Waals surface area contributed by atoms with Gasteiger partial charge in [0.1, 0.15) is 0 Å². The third kappa shape index (κ3) is 3.60. The van der Waals surface area contributed by atoms with Crippen molar-refractivity contribution in [3.63, 3.8) is 0 Å². The van der Waals surface area contributed by atoms with E-state index in [0.717, 1.165) is 32.5 Å². The summed E-state index contributed by atoms with van der Waals surface area (Å²) in [4.78, 5) is 13.9. The van der Waals surface area contributed by atoms with Crippen molar-refractivity contribution in [1.82, 2.24) is 10.2 Å². The number of carbonyl (C=O) groups excluding carboxylic acids is 1. The first-order valence-electron chi connectivity index (χ1n) is 7.70. The van der Waals surface area contributed by atoms with Crippen LogP contribution in [0.25, 0.3) is 0 Å². The van der Waals surface area contributed by atoms with Crippen LogP contribution in [0.15, 0.2) is 18.2 Å². The van der Waals surface area contributed by atoms with E-state index in [1.807, 2.05) is 4.90 Å². The van der Waals surface area contributed by atoms with Gasteiger partial charge < -0.3 is 10.2 Å². The van der Waals surface area contributed by atoms with Crippen LogP contribution in [0.3, 0.4) is 0 Å². The topological polar surface area (TPSA) is 32.3 Å². The minimum absolute atomic E-state index is 0.248. The van der Waals surface area contributed by atoms with Gasteiger partial charge in [-0.25, -0.2) is 0 Å². The fourth-order valence-electron chi connectivity index (χ4n) is 2.93. The Labute approximate surface area is 122 Å². The molecule has 0 radical (unpaired) electrons. The first-order chi connectivity index (χ1) is 9.61. The standard InChI is InChI=1S/C17H26N2O/c1-4-9-18-16(12-19-10-5-6-17(19)20)15-8-7-13(2)11-14(15)3/h7-8,11,16,18H,4-6,9-10,12H2,1-3H3. The molecule has 0 bridgehead atoms. The molecule has 0 aliphatic carbocycles. The maximum Gasteiger partial charge on any atom is 0.222 e. The van der Waals surface area contributed by atoms with Crippen molar-refractivity contribution in [2.24, 2.45) is 0 Å². The van der Waals surface area contributed by atoms with Crippen molar-refractivity contribution in [2.75, 3.05) is 19.6 Å². The summed E-state index contributed by atoms with van der Waals surface area (Å²) in [6.45, 7) is 9.15. The number of benzene rings is 1. The number of hydrogen-bond donors (Lipinski definition) is 1. The van der Waals surface area contributed by atoms with E-state index in [1.54, 1.807) is 0 Å². The van der Waals surface area contributed by atoms with Gasteiger partial charge in [-0.1, -0.05) is 30.7 Å². The Kier molecular flexibility index (Phi) is 5.18. The van der Waals surface area contributed by atoms with E-state index in [9.17, 15) is 4.79 Å². The second kappa shape index (κ2) is 6.89. The summed E-state index contributed by atoms with van der Waals surface area (Å²) >= 11 is 0. The molecule has 110 valence electrons. The maximum absolute atomic E-state index is 11.9. The molecule has 0 saturated carbocycles. The van der Waals surface area contributed by atoms with Crippen LogP contribution in [0.4, 0.5) is 0 Å². The second-order valence-corrected chi connectivity index (χ2v) is 5.81. The summed E-state index contributed by atoms with van der Waals surface area (Å²) in [6, 6.07) is 6.84. The first kappa shape index (κ1) is 15.0. The molecule has 1 saturated heterocycles. The van der Waals surface area contributed by atoms with Crippen molar-refractivity contribution >= 4 is 5.91 Å². The number of likely N-dealkylation sites (tertiary alicyclic amines) is 1. The van der Waals surface area contributed by atoms with Gasteiger partial charge in [0.2, 0.25) is 5.91 Å². The molecule has 1 aliphatic rings. The van der Waals surface area contributed by atoms with Crippen molar-refractivity contribution < 1.29 is 4.79 Å². The molecule has 3 nitrogen and oxygen atoms in total. The highest BCUT2D eigenvalue weighted by Gasteiger charge is 2.24. The van der Waals surface area contributed by atoms with Gasteiger partial charge in [0.25, 0.3) is 0 Å². The maximum atomic E-state index is 11.9. The van der Waals surface area contributed by atoms with Gasteiger partial charge in [-0.3, -0.25) is 4.79 Å². The zero-order valence-electron chi connectivity index (χ0n) is 12.9. The fourth-order valence-corrected chi connectivity index (χ4v) is 2.93. The van der Waals surface area contributed by atoms with E-state index in [0.29, 0.717) is 12.3 Å². The molecule has 3 heteroatoms. The van der Waals surface area contributed by atoms with Gasteiger partial charge >= 0.3 is 0 Å². The Hall–Kier alpha value is -1.35. The number of amides is 1. The Morgan fingerprint density at radius 1 is 1.35 bits per heavy atom. The number of aryl methyl sites for hydroxylation is 2. The third-order valence-corrected chi connectivity index (χ3v) is 4.02. The van der Waals surface area contributed by atoms with E-state index in [4.69, 9.17) is 0 Å². The largest absolute Gasteiger partial charge is 0.341 e. The van der Waals surface area contributed by atoms with E-state index in [-0.39, 0.29) is 6.04 Å². The van der Waals surface area contributed by atoms with Crippen molar-refractivity contribution in [3.05, 3.63) is 34.9 Å². The molecular formula is C17H26N2O. The Morgan fingerprint density at radius 2 is 2.15 bits per heavy atom. The lowest BCUT2D eigenvalue weighted by atomic mass is 9.98. The third-order valence-electron chi connectivity index (χ3n) is 4.02. The lowest BCUT2D eigenvalue weighted by Gasteiger charge is -2.26. The Morgan fingerprint density at radius 3 is 2.75 bits per heavy atom. The summed E-state index contributed by atoms with van der Waals surface area (Å²) in [5.41, 5.74) is 3.92. The molecule has 0 aromatic heterocycles. The van der Waals surface area contributed by atoms with E-state index in [2.05, 4.69) is 44.3 Å². The molecular weight excluding hydrogens is 248 g/mol. The molecule has 0 spiro atoms. The van der Waals surface area contributed by atoms with E-state index < -0.39 is 0 Å². The lowest BCUT2D eigenvalue weighted by molar-refractivity contribution is -0.128. The van der Waals surface area contributed by atoms with Crippen LogP contribution in [-0.2, 0) is 4.79 Å². The van der Waals surface area contributed by atoms with Crippen molar-refractivity contribution in [3.8, 4) is 0 Å². The normalized spacial score (nSPS) is 16.8. The zero-order valence-corrected chi connectivity index (χ0v) is 12.9. The van der Waals surface area contributed by atoms with Crippen LogP contribution in [0.2, 0.25) is 0 Å². The van der Waals surface area contributed by atoms with Crippen LogP contribution in [0, 0.1) is 13.8 Å². The molecule has 1 fully saturated rings. The molecule has 1 aromatic rings. The van der Waals surface area contributed by atoms with Crippen LogP contribution in [-0.4, -0.2) is 30.4 Å². The average molecular weight is 274 g/mol. The van der Waals surface area contributed by atoms with Gasteiger partial charge in [0.05, 0.1) is 6.04 Å². The first-order valence-corrected chi connectivity index (χ1v) is 7.70. The summed E-state index contributed by atoms with van der Waals surface area (Å²) in [5, 5.41) is 3.60. The van der Waals surface area contributed by atoms with Gasteiger partial charge in [-0.15, -0.1) is 0 Å². The van der Waals surface area contributed by atoms with Gasteiger partial charge in [0.15, 0.2) is 0 Å². The minimum Gasteiger partial charge on any atom is -0.341 e. The molecule has 1 amide bonds. The average Bonchev–Trinajstić information content (AvgIpc) is 2.80. The highest BCUT2D eigenvalue weighted by molar-refractivity contribution is 5.78. The molecule has 20 heavy (non-hydrogen) atoms. The smallest absolute Gasteiger partial charge is 0.222 e. The van der Waals surface area contributed by atoms with Crippen LogP contribution >= 0.6 is 0 Å².